The number of anilines is 2. The van der Waals surface area contributed by atoms with Gasteiger partial charge in [0.1, 0.15) is 11.6 Å². The van der Waals surface area contributed by atoms with Crippen LogP contribution in [0.3, 0.4) is 0 Å². The predicted molar refractivity (Wildman–Crippen MR) is 74.6 cm³/mol. The van der Waals surface area contributed by atoms with Crippen molar-refractivity contribution in [3.63, 3.8) is 0 Å². The third kappa shape index (κ3) is 3.45. The van der Waals surface area contributed by atoms with E-state index in [1.807, 2.05) is 12.1 Å². The van der Waals surface area contributed by atoms with Gasteiger partial charge in [0.25, 0.3) is 0 Å². The summed E-state index contributed by atoms with van der Waals surface area (Å²) in [4.78, 5) is 15.2. The fourth-order valence-electron chi connectivity index (χ4n) is 1.59. The molecule has 98 valence electrons. The molecule has 0 spiro atoms. The highest BCUT2D eigenvalue weighted by molar-refractivity contribution is 5.90. The summed E-state index contributed by atoms with van der Waals surface area (Å²) in [6.07, 6.45) is 1.65. The molecule has 0 unspecified atom stereocenters. The molecule has 2 N–H and O–H groups in total. The van der Waals surface area contributed by atoms with Gasteiger partial charge in [-0.15, -0.1) is 0 Å². The second kappa shape index (κ2) is 5.86. The summed E-state index contributed by atoms with van der Waals surface area (Å²) >= 11 is 0. The van der Waals surface area contributed by atoms with Crippen molar-refractivity contribution < 1.29 is 9.53 Å². The van der Waals surface area contributed by atoms with E-state index in [1.165, 1.54) is 6.92 Å². The van der Waals surface area contributed by atoms with Crippen LogP contribution < -0.4 is 15.4 Å². The number of amides is 1. The van der Waals surface area contributed by atoms with Crippen LogP contribution in [0, 0.1) is 0 Å². The second-order valence-corrected chi connectivity index (χ2v) is 3.91. The molecule has 5 nitrogen and oxygen atoms in total. The Hall–Kier alpha value is -2.56. The van der Waals surface area contributed by atoms with Gasteiger partial charge in [0.05, 0.1) is 5.69 Å². The van der Waals surface area contributed by atoms with Gasteiger partial charge < -0.3 is 15.4 Å². The number of benzene rings is 1. The molecule has 0 saturated heterocycles. The molecule has 19 heavy (non-hydrogen) atoms. The number of para-hydroxylation sites is 2. The maximum Gasteiger partial charge on any atom is 0.221 e. The normalized spacial score (nSPS) is 9.79. The van der Waals surface area contributed by atoms with E-state index in [0.717, 1.165) is 5.82 Å². The van der Waals surface area contributed by atoms with E-state index in [1.54, 1.807) is 37.5 Å². The maximum atomic E-state index is 11.1. The molecule has 1 heterocycles. The van der Waals surface area contributed by atoms with Gasteiger partial charge in [-0.25, -0.2) is 4.98 Å². The number of carbonyl (C=O) groups excluding carboxylic acids is 1. The Bertz CT molecular complexity index is 584. The van der Waals surface area contributed by atoms with Crippen LogP contribution in [0.2, 0.25) is 0 Å². The third-order valence-electron chi connectivity index (χ3n) is 2.41. The van der Waals surface area contributed by atoms with Gasteiger partial charge in [-0.1, -0.05) is 12.1 Å². The molecule has 0 aliphatic rings. The van der Waals surface area contributed by atoms with Crippen LogP contribution in [-0.2, 0) is 4.79 Å². The van der Waals surface area contributed by atoms with Gasteiger partial charge in [-0.3, -0.25) is 4.79 Å². The van der Waals surface area contributed by atoms with Crippen LogP contribution in [0.1, 0.15) is 6.92 Å². The molecule has 1 aromatic heterocycles. The van der Waals surface area contributed by atoms with Crippen molar-refractivity contribution in [3.8, 4) is 11.5 Å². The fourth-order valence-corrected chi connectivity index (χ4v) is 1.59. The lowest BCUT2D eigenvalue weighted by molar-refractivity contribution is -0.114. The van der Waals surface area contributed by atoms with Crippen molar-refractivity contribution in [3.05, 3.63) is 42.6 Å². The fraction of sp³-hybridized carbons (Fsp3) is 0.143. The summed E-state index contributed by atoms with van der Waals surface area (Å²) in [5.74, 6) is 1.82. The Kier molecular flexibility index (Phi) is 3.97. The Morgan fingerprint density at radius 1 is 1.26 bits per heavy atom. The number of aromatic nitrogens is 1. The zero-order chi connectivity index (χ0) is 13.7. The van der Waals surface area contributed by atoms with Crippen molar-refractivity contribution in [2.24, 2.45) is 0 Å². The molecule has 0 bridgehead atoms. The van der Waals surface area contributed by atoms with E-state index in [-0.39, 0.29) is 5.91 Å². The average molecular weight is 257 g/mol. The van der Waals surface area contributed by atoms with Crippen molar-refractivity contribution in [1.29, 1.82) is 0 Å². The first-order chi connectivity index (χ1) is 9.19. The van der Waals surface area contributed by atoms with E-state index in [0.29, 0.717) is 17.2 Å². The highest BCUT2D eigenvalue weighted by Crippen LogP contribution is 2.29. The largest absolute Gasteiger partial charge is 0.455 e. The first-order valence-electron chi connectivity index (χ1n) is 5.87. The summed E-state index contributed by atoms with van der Waals surface area (Å²) < 4.78 is 5.76. The molecule has 2 rings (SSSR count). The van der Waals surface area contributed by atoms with Crippen LogP contribution in [0.5, 0.6) is 11.5 Å². The third-order valence-corrected chi connectivity index (χ3v) is 2.41. The lowest BCUT2D eigenvalue weighted by Gasteiger charge is -2.11. The summed E-state index contributed by atoms with van der Waals surface area (Å²) in [6.45, 7) is 1.46. The van der Waals surface area contributed by atoms with E-state index in [4.69, 9.17) is 4.74 Å². The summed E-state index contributed by atoms with van der Waals surface area (Å²) in [6, 6.07) is 10.8. The van der Waals surface area contributed by atoms with Gasteiger partial charge in [0.2, 0.25) is 5.91 Å². The molecule has 0 atom stereocenters. The smallest absolute Gasteiger partial charge is 0.221 e. The average Bonchev–Trinajstić information content (AvgIpc) is 2.41. The summed E-state index contributed by atoms with van der Waals surface area (Å²) in [5.41, 5.74) is 0.637. The molecule has 0 radical (unpaired) electrons. The lowest BCUT2D eigenvalue weighted by atomic mass is 10.3. The van der Waals surface area contributed by atoms with Crippen LogP contribution in [0.15, 0.2) is 42.6 Å². The zero-order valence-electron chi connectivity index (χ0n) is 10.8. The topological polar surface area (TPSA) is 63.2 Å². The van der Waals surface area contributed by atoms with Gasteiger partial charge in [-0.05, 0) is 18.2 Å². The highest BCUT2D eigenvalue weighted by atomic mass is 16.5. The van der Waals surface area contributed by atoms with Crippen LogP contribution in [0.4, 0.5) is 11.5 Å². The van der Waals surface area contributed by atoms with Crippen molar-refractivity contribution in [2.45, 2.75) is 6.92 Å². The number of hydrogen-bond acceptors (Lipinski definition) is 4. The van der Waals surface area contributed by atoms with E-state index in [2.05, 4.69) is 15.6 Å². The van der Waals surface area contributed by atoms with E-state index in [9.17, 15) is 4.79 Å². The first-order valence-corrected chi connectivity index (χ1v) is 5.87. The maximum absolute atomic E-state index is 11.1. The second-order valence-electron chi connectivity index (χ2n) is 3.91. The highest BCUT2D eigenvalue weighted by Gasteiger charge is 2.06. The predicted octanol–water partition coefficient (Wildman–Crippen LogP) is 2.87. The monoisotopic (exact) mass is 257 g/mol. The number of ether oxygens (including phenoxy) is 1. The first kappa shape index (κ1) is 12.9. The van der Waals surface area contributed by atoms with Gasteiger partial charge in [0, 0.05) is 26.2 Å². The Balaban J connectivity index is 2.24. The number of carbonyl (C=O) groups is 1. The van der Waals surface area contributed by atoms with E-state index < -0.39 is 0 Å². The number of nitrogens with one attached hydrogen (secondary N) is 2. The molecule has 1 aromatic carbocycles. The molecule has 0 aliphatic carbocycles. The van der Waals surface area contributed by atoms with Crippen molar-refractivity contribution in [1.82, 2.24) is 4.98 Å². The minimum atomic E-state index is -0.137. The summed E-state index contributed by atoms with van der Waals surface area (Å²) in [7, 11) is 1.79. The van der Waals surface area contributed by atoms with Gasteiger partial charge in [-0.2, -0.15) is 0 Å². The molecule has 0 fully saturated rings. The Labute approximate surface area is 111 Å². The Morgan fingerprint density at radius 2 is 2.05 bits per heavy atom. The van der Waals surface area contributed by atoms with Crippen molar-refractivity contribution >= 4 is 17.4 Å². The molecular weight excluding hydrogens is 242 g/mol. The number of pyridine rings is 1. The lowest BCUT2D eigenvalue weighted by Crippen LogP contribution is -2.06. The number of nitrogens with zero attached hydrogens (tertiary/aromatic N) is 1. The number of hydrogen-bond donors (Lipinski definition) is 2. The van der Waals surface area contributed by atoms with Crippen LogP contribution in [0.25, 0.3) is 0 Å². The summed E-state index contributed by atoms with van der Waals surface area (Å²) in [5, 5.41) is 5.67. The molecule has 0 aliphatic heterocycles. The van der Waals surface area contributed by atoms with E-state index >= 15 is 0 Å². The SMILES string of the molecule is CNc1cc(Oc2ccccc2NC(C)=O)ccn1. The zero-order valence-corrected chi connectivity index (χ0v) is 10.8. The number of rotatable bonds is 4. The molecule has 2 aromatic rings. The molecule has 0 saturated carbocycles. The minimum absolute atomic E-state index is 0.137. The quantitative estimate of drug-likeness (QED) is 0.884. The standard InChI is InChI=1S/C14H15N3O2/c1-10(18)17-12-5-3-4-6-13(12)19-11-7-8-16-14(9-11)15-2/h3-9H,1-2H3,(H,15,16)(H,17,18). The van der Waals surface area contributed by atoms with Gasteiger partial charge in [0.15, 0.2) is 5.75 Å². The van der Waals surface area contributed by atoms with Crippen molar-refractivity contribution in [2.75, 3.05) is 17.7 Å². The van der Waals surface area contributed by atoms with Crippen LogP contribution in [-0.4, -0.2) is 17.9 Å². The molecule has 5 heteroatoms. The molecular formula is C14H15N3O2. The Morgan fingerprint density at radius 3 is 2.79 bits per heavy atom. The van der Waals surface area contributed by atoms with Gasteiger partial charge >= 0.3 is 0 Å². The van der Waals surface area contributed by atoms with Crippen LogP contribution >= 0.6 is 0 Å². The minimum Gasteiger partial charge on any atom is -0.455 e. The molecule has 1 amide bonds.